The molecule has 2 rings (SSSR count). The van der Waals surface area contributed by atoms with Crippen molar-refractivity contribution in [2.75, 3.05) is 18.1 Å². The second-order valence-electron chi connectivity index (χ2n) is 4.16. The van der Waals surface area contributed by atoms with Crippen molar-refractivity contribution in [1.29, 1.82) is 0 Å². The molecule has 0 saturated carbocycles. The number of halogens is 1. The van der Waals surface area contributed by atoms with Crippen molar-refractivity contribution >= 4 is 29.4 Å². The van der Waals surface area contributed by atoms with Crippen LogP contribution < -0.4 is 4.90 Å². The van der Waals surface area contributed by atoms with Gasteiger partial charge in [-0.1, -0.05) is 17.7 Å². The second-order valence-corrected chi connectivity index (χ2v) is 4.56. The number of carboxylic acids is 1. The minimum atomic E-state index is -0.981. The predicted molar refractivity (Wildman–Crippen MR) is 66.0 cm³/mol. The number of carbonyl (C=O) groups is 2. The van der Waals surface area contributed by atoms with Gasteiger partial charge in [0, 0.05) is 17.3 Å². The van der Waals surface area contributed by atoms with E-state index in [4.69, 9.17) is 21.4 Å². The average molecular weight is 270 g/mol. The van der Waals surface area contributed by atoms with Crippen molar-refractivity contribution in [1.82, 2.24) is 0 Å². The van der Waals surface area contributed by atoms with Crippen LogP contribution in [0.2, 0.25) is 5.02 Å². The smallest absolute Gasteiger partial charge is 0.414 e. The van der Waals surface area contributed by atoms with Gasteiger partial charge in [0.2, 0.25) is 0 Å². The third-order valence-corrected chi connectivity index (χ3v) is 3.25. The summed E-state index contributed by atoms with van der Waals surface area (Å²) < 4.78 is 4.85. The highest BCUT2D eigenvalue weighted by atomic mass is 35.5. The molecule has 1 N–H and O–H groups in total. The Labute approximate surface area is 109 Å². The van der Waals surface area contributed by atoms with Gasteiger partial charge in [-0.3, -0.25) is 9.69 Å². The summed E-state index contributed by atoms with van der Waals surface area (Å²) in [5.41, 5.74) is 1.43. The molecule has 1 amide bonds. The van der Waals surface area contributed by atoms with Gasteiger partial charge in [0.1, 0.15) is 12.5 Å². The molecule has 0 spiro atoms. The van der Waals surface area contributed by atoms with Gasteiger partial charge in [-0.25, -0.2) is 4.79 Å². The first-order valence-electron chi connectivity index (χ1n) is 5.42. The number of amides is 1. The van der Waals surface area contributed by atoms with Crippen LogP contribution in [-0.2, 0) is 9.53 Å². The predicted octanol–water partition coefficient (Wildman–Crippen LogP) is 2.31. The van der Waals surface area contributed by atoms with Crippen molar-refractivity contribution in [3.8, 4) is 0 Å². The van der Waals surface area contributed by atoms with E-state index < -0.39 is 18.0 Å². The number of anilines is 1. The lowest BCUT2D eigenvalue weighted by Crippen LogP contribution is -2.45. The maximum absolute atomic E-state index is 11.6. The zero-order valence-electron chi connectivity index (χ0n) is 9.72. The molecule has 1 fully saturated rings. The standard InChI is InChI=1S/C12H12ClNO4/c1-7-2-3-9(4-10(7)13)14-5-8(11(15)16)6-18-12(14)17/h2-4,8H,5-6H2,1H3,(H,15,16). The Balaban J connectivity index is 2.26. The molecular weight excluding hydrogens is 258 g/mol. The molecule has 1 aromatic carbocycles. The molecule has 1 aromatic rings. The van der Waals surface area contributed by atoms with Gasteiger partial charge in [-0.15, -0.1) is 0 Å². The van der Waals surface area contributed by atoms with Gasteiger partial charge in [0.25, 0.3) is 0 Å². The molecule has 1 saturated heterocycles. The highest BCUT2D eigenvalue weighted by molar-refractivity contribution is 6.31. The van der Waals surface area contributed by atoms with Gasteiger partial charge in [-0.2, -0.15) is 0 Å². The van der Waals surface area contributed by atoms with E-state index in [-0.39, 0.29) is 13.2 Å². The minimum absolute atomic E-state index is 0.0908. The summed E-state index contributed by atoms with van der Waals surface area (Å²) >= 11 is 5.98. The van der Waals surface area contributed by atoms with E-state index in [2.05, 4.69) is 0 Å². The molecular formula is C12H12ClNO4. The van der Waals surface area contributed by atoms with Crippen LogP contribution in [0.5, 0.6) is 0 Å². The molecule has 6 heteroatoms. The van der Waals surface area contributed by atoms with E-state index in [1.807, 2.05) is 6.92 Å². The van der Waals surface area contributed by atoms with Crippen LogP contribution in [0.15, 0.2) is 18.2 Å². The summed E-state index contributed by atoms with van der Waals surface area (Å²) in [6.45, 7) is 1.85. The lowest BCUT2D eigenvalue weighted by Gasteiger charge is -2.30. The summed E-state index contributed by atoms with van der Waals surface area (Å²) in [5, 5.41) is 9.47. The molecule has 0 radical (unpaired) electrons. The summed E-state index contributed by atoms with van der Waals surface area (Å²) in [5.74, 6) is -1.70. The van der Waals surface area contributed by atoms with Crippen LogP contribution in [0.3, 0.4) is 0 Å². The quantitative estimate of drug-likeness (QED) is 0.895. The van der Waals surface area contributed by atoms with E-state index >= 15 is 0 Å². The molecule has 18 heavy (non-hydrogen) atoms. The molecule has 1 atom stereocenters. The first-order chi connectivity index (χ1) is 8.49. The van der Waals surface area contributed by atoms with E-state index in [0.717, 1.165) is 5.56 Å². The number of ether oxygens (including phenoxy) is 1. The van der Waals surface area contributed by atoms with E-state index in [1.54, 1.807) is 18.2 Å². The van der Waals surface area contributed by atoms with Crippen molar-refractivity contribution in [2.45, 2.75) is 6.92 Å². The SMILES string of the molecule is Cc1ccc(N2CC(C(=O)O)COC2=O)cc1Cl. The molecule has 0 aromatic heterocycles. The Bertz CT molecular complexity index is 503. The molecule has 1 aliphatic heterocycles. The second kappa shape index (κ2) is 4.86. The molecule has 1 unspecified atom stereocenters. The summed E-state index contributed by atoms with van der Waals surface area (Å²) in [6, 6.07) is 5.12. The number of hydrogen-bond acceptors (Lipinski definition) is 3. The fourth-order valence-electron chi connectivity index (χ4n) is 1.71. The molecule has 0 aliphatic carbocycles. The summed E-state index contributed by atoms with van der Waals surface area (Å²) in [6.07, 6.45) is -0.549. The number of nitrogens with zero attached hydrogens (tertiary/aromatic N) is 1. The Morgan fingerprint density at radius 2 is 2.28 bits per heavy atom. The van der Waals surface area contributed by atoms with Crippen LogP contribution in [0, 0.1) is 12.8 Å². The van der Waals surface area contributed by atoms with Crippen LogP contribution in [0.4, 0.5) is 10.5 Å². The average Bonchev–Trinajstić information content (AvgIpc) is 2.33. The largest absolute Gasteiger partial charge is 0.481 e. The van der Waals surface area contributed by atoms with Crippen molar-refractivity contribution in [3.05, 3.63) is 28.8 Å². The van der Waals surface area contributed by atoms with E-state index in [1.165, 1.54) is 4.90 Å². The number of benzene rings is 1. The number of hydrogen-bond donors (Lipinski definition) is 1. The van der Waals surface area contributed by atoms with Crippen LogP contribution >= 0.6 is 11.6 Å². The zero-order chi connectivity index (χ0) is 13.3. The summed E-state index contributed by atoms with van der Waals surface area (Å²) in [4.78, 5) is 23.8. The van der Waals surface area contributed by atoms with Crippen LogP contribution in [-0.4, -0.2) is 30.3 Å². The zero-order valence-corrected chi connectivity index (χ0v) is 10.5. The topological polar surface area (TPSA) is 66.8 Å². The lowest BCUT2D eigenvalue weighted by molar-refractivity contribution is -0.143. The minimum Gasteiger partial charge on any atom is -0.481 e. The van der Waals surface area contributed by atoms with Crippen LogP contribution in [0.1, 0.15) is 5.56 Å². The first kappa shape index (κ1) is 12.7. The number of aryl methyl sites for hydroxylation is 1. The Hall–Kier alpha value is -1.75. The molecule has 1 heterocycles. The number of aliphatic carboxylic acids is 1. The fraction of sp³-hybridized carbons (Fsp3) is 0.333. The van der Waals surface area contributed by atoms with Crippen molar-refractivity contribution in [3.63, 3.8) is 0 Å². The highest BCUT2D eigenvalue weighted by Crippen LogP contribution is 2.26. The highest BCUT2D eigenvalue weighted by Gasteiger charge is 2.32. The Morgan fingerprint density at radius 1 is 1.56 bits per heavy atom. The van der Waals surface area contributed by atoms with E-state index in [0.29, 0.717) is 10.7 Å². The Morgan fingerprint density at radius 3 is 2.89 bits per heavy atom. The Kier molecular flexibility index (Phi) is 3.43. The normalized spacial score (nSPS) is 19.6. The lowest BCUT2D eigenvalue weighted by atomic mass is 10.1. The molecule has 5 nitrogen and oxygen atoms in total. The fourth-order valence-corrected chi connectivity index (χ4v) is 1.88. The third kappa shape index (κ3) is 2.41. The van der Waals surface area contributed by atoms with Gasteiger partial charge in [0.05, 0.1) is 0 Å². The monoisotopic (exact) mass is 269 g/mol. The van der Waals surface area contributed by atoms with Crippen molar-refractivity contribution < 1.29 is 19.4 Å². The number of carbonyl (C=O) groups excluding carboxylic acids is 1. The van der Waals surface area contributed by atoms with Gasteiger partial charge in [-0.05, 0) is 24.6 Å². The van der Waals surface area contributed by atoms with Gasteiger partial charge in [0.15, 0.2) is 0 Å². The number of carboxylic acid groups (broad SMARTS) is 1. The third-order valence-electron chi connectivity index (χ3n) is 2.85. The molecule has 1 aliphatic rings. The molecule has 96 valence electrons. The van der Waals surface area contributed by atoms with Crippen molar-refractivity contribution in [2.24, 2.45) is 5.92 Å². The maximum atomic E-state index is 11.6. The first-order valence-corrected chi connectivity index (χ1v) is 5.80. The number of rotatable bonds is 2. The maximum Gasteiger partial charge on any atom is 0.414 e. The summed E-state index contributed by atoms with van der Waals surface area (Å²) in [7, 11) is 0. The van der Waals surface area contributed by atoms with Crippen LogP contribution in [0.25, 0.3) is 0 Å². The van der Waals surface area contributed by atoms with Gasteiger partial charge < -0.3 is 9.84 Å². The van der Waals surface area contributed by atoms with Gasteiger partial charge >= 0.3 is 12.1 Å². The molecule has 0 bridgehead atoms. The van der Waals surface area contributed by atoms with E-state index in [9.17, 15) is 9.59 Å². The number of cyclic esters (lactones) is 1.